The van der Waals surface area contributed by atoms with Gasteiger partial charge >= 0.3 is 0 Å². The summed E-state index contributed by atoms with van der Waals surface area (Å²) >= 11 is 0.752. The Bertz CT molecular complexity index is 1160. The van der Waals surface area contributed by atoms with E-state index in [1.165, 1.54) is 18.2 Å². The van der Waals surface area contributed by atoms with Crippen LogP contribution in [0.5, 0.6) is 0 Å². The molecule has 1 aromatic heterocycles. The van der Waals surface area contributed by atoms with Gasteiger partial charge in [0.25, 0.3) is 17.1 Å². The average molecular weight is 436 g/mol. The van der Waals surface area contributed by atoms with E-state index in [0.717, 1.165) is 22.3 Å². The van der Waals surface area contributed by atoms with E-state index >= 15 is 0 Å². The molecule has 1 N–H and O–H groups in total. The van der Waals surface area contributed by atoms with Crippen molar-refractivity contribution >= 4 is 34.9 Å². The highest BCUT2D eigenvalue weighted by Gasteiger charge is 2.34. The van der Waals surface area contributed by atoms with Crippen LogP contribution >= 0.6 is 11.8 Å². The van der Waals surface area contributed by atoms with E-state index in [4.69, 9.17) is 0 Å². The summed E-state index contributed by atoms with van der Waals surface area (Å²) in [6.45, 7) is 0.126. The molecule has 7 nitrogen and oxygen atoms in total. The van der Waals surface area contributed by atoms with Crippen LogP contribution in [0.15, 0.2) is 71.9 Å². The van der Waals surface area contributed by atoms with E-state index in [-0.39, 0.29) is 29.5 Å². The summed E-state index contributed by atoms with van der Waals surface area (Å²) in [6, 6.07) is 14.7. The van der Waals surface area contributed by atoms with E-state index in [2.05, 4.69) is 10.4 Å². The summed E-state index contributed by atoms with van der Waals surface area (Å²) in [7, 11) is 0. The predicted octanol–water partition coefficient (Wildman–Crippen LogP) is 3.48. The number of nitrogens with one attached hydrogen (secondary N) is 1. The molecule has 0 radical (unpaired) electrons. The lowest BCUT2D eigenvalue weighted by Gasteiger charge is -2.13. The molecular weight excluding hydrogens is 419 g/mol. The largest absolute Gasteiger partial charge is 0.350 e. The molecule has 3 aromatic rings. The summed E-state index contributed by atoms with van der Waals surface area (Å²) in [5, 5.41) is 6.37. The lowest BCUT2D eigenvalue weighted by atomic mass is 10.2. The molecule has 9 heteroatoms. The highest BCUT2D eigenvalue weighted by atomic mass is 32.2. The monoisotopic (exact) mass is 436 g/mol. The van der Waals surface area contributed by atoms with E-state index in [0.29, 0.717) is 5.56 Å². The Morgan fingerprint density at radius 3 is 2.58 bits per heavy atom. The van der Waals surface area contributed by atoms with Crippen LogP contribution < -0.4 is 5.32 Å². The van der Waals surface area contributed by atoms with Crippen molar-refractivity contribution in [2.75, 3.05) is 13.1 Å². The van der Waals surface area contributed by atoms with E-state index in [9.17, 15) is 18.8 Å². The van der Waals surface area contributed by atoms with Gasteiger partial charge in [0.2, 0.25) is 0 Å². The van der Waals surface area contributed by atoms with Gasteiger partial charge in [0, 0.05) is 36.6 Å². The number of hydrogen-bond donors (Lipinski definition) is 1. The van der Waals surface area contributed by atoms with Crippen LogP contribution in [0.1, 0.15) is 15.9 Å². The van der Waals surface area contributed by atoms with E-state index in [1.807, 2.05) is 0 Å². The van der Waals surface area contributed by atoms with Crippen molar-refractivity contribution in [3.8, 4) is 5.69 Å². The van der Waals surface area contributed by atoms with Crippen molar-refractivity contribution in [3.63, 3.8) is 0 Å². The minimum absolute atomic E-state index is 0.0242. The smallest absolute Gasteiger partial charge is 0.293 e. The molecule has 1 aliphatic rings. The van der Waals surface area contributed by atoms with Gasteiger partial charge in [-0.15, -0.1) is 0 Å². The summed E-state index contributed by atoms with van der Waals surface area (Å²) in [5.74, 6) is -1.29. The first-order chi connectivity index (χ1) is 15.0. The lowest BCUT2D eigenvalue weighted by Crippen LogP contribution is -2.37. The quantitative estimate of drug-likeness (QED) is 0.598. The molecule has 0 atom stereocenters. The Labute approximate surface area is 181 Å². The van der Waals surface area contributed by atoms with Crippen LogP contribution in [0.4, 0.5) is 9.18 Å². The van der Waals surface area contributed by atoms with Crippen LogP contribution in [0.25, 0.3) is 11.8 Å². The zero-order valence-corrected chi connectivity index (χ0v) is 17.0. The minimum Gasteiger partial charge on any atom is -0.350 e. The number of imide groups is 1. The molecule has 4 rings (SSSR count). The maximum atomic E-state index is 13.8. The molecule has 0 unspecified atom stereocenters. The molecule has 1 saturated heterocycles. The molecule has 2 heterocycles. The third kappa shape index (κ3) is 4.56. The van der Waals surface area contributed by atoms with Gasteiger partial charge in [-0.2, -0.15) is 5.10 Å². The fourth-order valence-corrected chi connectivity index (χ4v) is 3.85. The molecule has 1 fully saturated rings. The first-order valence-electron chi connectivity index (χ1n) is 9.41. The highest BCUT2D eigenvalue weighted by molar-refractivity contribution is 8.18. The van der Waals surface area contributed by atoms with Crippen LogP contribution in [0, 0.1) is 5.82 Å². The third-order valence-corrected chi connectivity index (χ3v) is 5.49. The maximum Gasteiger partial charge on any atom is 0.293 e. The van der Waals surface area contributed by atoms with Crippen molar-refractivity contribution < 1.29 is 18.8 Å². The van der Waals surface area contributed by atoms with Gasteiger partial charge < -0.3 is 5.32 Å². The SMILES string of the molecule is O=C(NCCN1C(=O)S/C(=C/c2ccccc2F)C1=O)c1ccc(-n2cccn2)cc1. The summed E-state index contributed by atoms with van der Waals surface area (Å²) < 4.78 is 15.5. The number of thioether (sulfide) groups is 1. The Hall–Kier alpha value is -3.72. The standard InChI is InChI=1S/C22H17FN4O3S/c23-18-5-2-1-4-16(18)14-19-21(29)26(22(30)31-19)13-11-24-20(28)15-6-8-17(9-7-15)27-12-3-10-25-27/h1-10,12,14H,11,13H2,(H,24,28)/b19-14+. The average Bonchev–Trinajstić information content (AvgIpc) is 3.40. The Kier molecular flexibility index (Phi) is 5.94. The van der Waals surface area contributed by atoms with Crippen molar-refractivity contribution in [1.82, 2.24) is 20.0 Å². The Morgan fingerprint density at radius 2 is 1.87 bits per heavy atom. The second kappa shape index (κ2) is 8.97. The molecular formula is C22H17FN4O3S. The van der Waals surface area contributed by atoms with Crippen molar-refractivity contribution in [2.45, 2.75) is 0 Å². The zero-order valence-electron chi connectivity index (χ0n) is 16.2. The second-order valence-corrected chi connectivity index (χ2v) is 7.60. The van der Waals surface area contributed by atoms with Crippen molar-refractivity contribution in [1.29, 1.82) is 0 Å². The lowest BCUT2D eigenvalue weighted by molar-refractivity contribution is -0.122. The van der Waals surface area contributed by atoms with E-state index in [1.54, 1.807) is 59.5 Å². The molecule has 2 aromatic carbocycles. The number of benzene rings is 2. The van der Waals surface area contributed by atoms with Crippen LogP contribution in [0.2, 0.25) is 0 Å². The number of nitrogens with zero attached hydrogens (tertiary/aromatic N) is 3. The number of hydrogen-bond acceptors (Lipinski definition) is 5. The number of halogens is 1. The molecule has 3 amide bonds. The van der Waals surface area contributed by atoms with Gasteiger partial charge in [0.05, 0.1) is 10.6 Å². The molecule has 0 spiro atoms. The van der Waals surface area contributed by atoms with Crippen LogP contribution in [-0.2, 0) is 4.79 Å². The van der Waals surface area contributed by atoms with Crippen LogP contribution in [-0.4, -0.2) is 44.8 Å². The van der Waals surface area contributed by atoms with Gasteiger partial charge in [0.15, 0.2) is 0 Å². The van der Waals surface area contributed by atoms with Gasteiger partial charge in [-0.3, -0.25) is 19.3 Å². The number of aromatic nitrogens is 2. The number of carbonyl (C=O) groups excluding carboxylic acids is 3. The molecule has 1 aliphatic heterocycles. The van der Waals surface area contributed by atoms with Gasteiger partial charge in [-0.25, -0.2) is 9.07 Å². The normalized spacial score (nSPS) is 15.0. The van der Waals surface area contributed by atoms with E-state index < -0.39 is 17.0 Å². The van der Waals surface area contributed by atoms with Crippen molar-refractivity contribution in [2.24, 2.45) is 0 Å². The molecule has 156 valence electrons. The second-order valence-electron chi connectivity index (χ2n) is 6.61. The maximum absolute atomic E-state index is 13.8. The molecule has 31 heavy (non-hydrogen) atoms. The molecule has 0 bridgehead atoms. The fourth-order valence-electron chi connectivity index (χ4n) is 3.00. The van der Waals surface area contributed by atoms with Gasteiger partial charge in [-0.05, 0) is 54.2 Å². The number of rotatable bonds is 6. The third-order valence-electron chi connectivity index (χ3n) is 4.58. The van der Waals surface area contributed by atoms with Gasteiger partial charge in [-0.1, -0.05) is 18.2 Å². The fraction of sp³-hybridized carbons (Fsp3) is 0.0909. The van der Waals surface area contributed by atoms with Crippen molar-refractivity contribution in [3.05, 3.63) is 88.8 Å². The Balaban J connectivity index is 1.34. The Morgan fingerprint density at radius 1 is 1.10 bits per heavy atom. The number of carbonyl (C=O) groups is 3. The summed E-state index contributed by atoms with van der Waals surface area (Å²) in [4.78, 5) is 38.2. The summed E-state index contributed by atoms with van der Waals surface area (Å²) in [6.07, 6.45) is 4.82. The summed E-state index contributed by atoms with van der Waals surface area (Å²) in [5.41, 5.74) is 1.50. The predicted molar refractivity (Wildman–Crippen MR) is 115 cm³/mol. The first-order valence-corrected chi connectivity index (χ1v) is 10.2. The molecule has 0 aliphatic carbocycles. The molecule has 0 saturated carbocycles. The topological polar surface area (TPSA) is 84.3 Å². The minimum atomic E-state index is -0.504. The zero-order chi connectivity index (χ0) is 21.8. The first kappa shape index (κ1) is 20.5. The number of amides is 3. The van der Waals surface area contributed by atoms with Gasteiger partial charge in [0.1, 0.15) is 5.82 Å². The highest BCUT2D eigenvalue weighted by Crippen LogP contribution is 2.32. The van der Waals surface area contributed by atoms with Crippen LogP contribution in [0.3, 0.4) is 0 Å².